The third kappa shape index (κ3) is 3.65. The monoisotopic (exact) mass is 229 g/mol. The number of ether oxygens (including phenoxy) is 1. The molecule has 0 radical (unpaired) electrons. The fourth-order valence-electron chi connectivity index (χ4n) is 2.62. The molecular formula is C12H23NOS. The summed E-state index contributed by atoms with van der Waals surface area (Å²) in [7, 11) is 0. The van der Waals surface area contributed by atoms with Crippen LogP contribution in [0.15, 0.2) is 0 Å². The third-order valence-corrected chi connectivity index (χ3v) is 5.18. The molecular weight excluding hydrogens is 206 g/mol. The van der Waals surface area contributed by atoms with Crippen LogP contribution in [0.5, 0.6) is 0 Å². The summed E-state index contributed by atoms with van der Waals surface area (Å²) < 4.78 is 5.38. The first-order valence-corrected chi connectivity index (χ1v) is 7.36. The fraction of sp³-hybridized carbons (Fsp3) is 1.00. The average molecular weight is 229 g/mol. The first-order chi connectivity index (χ1) is 7.36. The van der Waals surface area contributed by atoms with E-state index in [9.17, 15) is 0 Å². The van der Waals surface area contributed by atoms with E-state index in [1.54, 1.807) is 0 Å². The quantitative estimate of drug-likeness (QED) is 0.807. The van der Waals surface area contributed by atoms with E-state index in [-0.39, 0.29) is 0 Å². The number of rotatable bonds is 3. The summed E-state index contributed by atoms with van der Waals surface area (Å²) in [6.07, 6.45) is 7.80. The Bertz CT molecular complexity index is 176. The van der Waals surface area contributed by atoms with Crippen molar-refractivity contribution >= 4 is 11.8 Å². The molecule has 0 aromatic rings. The highest BCUT2D eigenvalue weighted by atomic mass is 32.2. The van der Waals surface area contributed by atoms with Gasteiger partial charge in [0.1, 0.15) is 0 Å². The van der Waals surface area contributed by atoms with E-state index in [0.29, 0.717) is 6.04 Å². The minimum absolute atomic E-state index is 0.429. The molecule has 0 amide bonds. The summed E-state index contributed by atoms with van der Waals surface area (Å²) >= 11 is 2.10. The second-order valence-electron chi connectivity index (χ2n) is 4.86. The molecule has 2 aliphatic rings. The van der Waals surface area contributed by atoms with E-state index in [1.807, 2.05) is 0 Å². The maximum Gasteiger partial charge on any atom is 0.0468 e. The van der Waals surface area contributed by atoms with Gasteiger partial charge in [0.15, 0.2) is 0 Å². The zero-order chi connectivity index (χ0) is 10.5. The molecule has 0 spiro atoms. The van der Waals surface area contributed by atoms with Crippen LogP contribution in [0.3, 0.4) is 0 Å². The molecule has 2 aliphatic heterocycles. The van der Waals surface area contributed by atoms with Crippen molar-refractivity contribution in [2.75, 3.05) is 19.0 Å². The van der Waals surface area contributed by atoms with Crippen molar-refractivity contribution in [3.8, 4) is 0 Å². The molecule has 2 unspecified atom stereocenters. The molecule has 2 fully saturated rings. The zero-order valence-corrected chi connectivity index (χ0v) is 10.3. The van der Waals surface area contributed by atoms with Gasteiger partial charge in [-0.25, -0.2) is 0 Å². The van der Waals surface area contributed by atoms with Gasteiger partial charge >= 0.3 is 0 Å². The van der Waals surface area contributed by atoms with Gasteiger partial charge in [0.25, 0.3) is 0 Å². The highest BCUT2D eigenvalue weighted by Crippen LogP contribution is 2.30. The fourth-order valence-corrected chi connectivity index (χ4v) is 3.99. The lowest BCUT2D eigenvalue weighted by molar-refractivity contribution is 0.0617. The van der Waals surface area contributed by atoms with Gasteiger partial charge < -0.3 is 10.5 Å². The van der Waals surface area contributed by atoms with E-state index in [0.717, 1.165) is 24.4 Å². The molecule has 2 nitrogen and oxygen atoms in total. The largest absolute Gasteiger partial charge is 0.381 e. The Hall–Kier alpha value is 0.270. The number of hydrogen-bond donors (Lipinski definition) is 1. The SMILES string of the molecule is NC(CC1CCOCC1)C1CCCCS1. The normalized spacial score (nSPS) is 31.4. The predicted molar refractivity (Wildman–Crippen MR) is 66.2 cm³/mol. The molecule has 88 valence electrons. The van der Waals surface area contributed by atoms with Gasteiger partial charge in [-0.2, -0.15) is 11.8 Å². The third-order valence-electron chi connectivity index (χ3n) is 3.64. The van der Waals surface area contributed by atoms with Crippen LogP contribution in [0.2, 0.25) is 0 Å². The van der Waals surface area contributed by atoms with Crippen LogP contribution in [-0.2, 0) is 4.74 Å². The number of hydrogen-bond acceptors (Lipinski definition) is 3. The molecule has 15 heavy (non-hydrogen) atoms. The zero-order valence-electron chi connectivity index (χ0n) is 9.49. The summed E-state index contributed by atoms with van der Waals surface area (Å²) in [5.41, 5.74) is 6.32. The molecule has 3 heteroatoms. The van der Waals surface area contributed by atoms with Gasteiger partial charge in [0, 0.05) is 24.5 Å². The van der Waals surface area contributed by atoms with Gasteiger partial charge in [-0.1, -0.05) is 6.42 Å². The van der Waals surface area contributed by atoms with E-state index in [2.05, 4.69) is 11.8 Å². The molecule has 0 bridgehead atoms. The Morgan fingerprint density at radius 3 is 2.67 bits per heavy atom. The first-order valence-electron chi connectivity index (χ1n) is 6.31. The van der Waals surface area contributed by atoms with Crippen molar-refractivity contribution in [1.29, 1.82) is 0 Å². The second-order valence-corrected chi connectivity index (χ2v) is 6.21. The van der Waals surface area contributed by atoms with E-state index in [4.69, 9.17) is 10.5 Å². The van der Waals surface area contributed by atoms with Crippen LogP contribution in [0, 0.1) is 5.92 Å². The van der Waals surface area contributed by atoms with Crippen molar-refractivity contribution in [2.24, 2.45) is 11.7 Å². The van der Waals surface area contributed by atoms with Crippen LogP contribution in [0.4, 0.5) is 0 Å². The van der Waals surface area contributed by atoms with Crippen LogP contribution in [-0.4, -0.2) is 30.3 Å². The highest BCUT2D eigenvalue weighted by Gasteiger charge is 2.24. The lowest BCUT2D eigenvalue weighted by atomic mass is 9.90. The van der Waals surface area contributed by atoms with E-state index < -0.39 is 0 Å². The molecule has 2 atom stereocenters. The van der Waals surface area contributed by atoms with Crippen LogP contribution in [0.1, 0.15) is 38.5 Å². The summed E-state index contributed by atoms with van der Waals surface area (Å²) in [5, 5.41) is 0.738. The van der Waals surface area contributed by atoms with Crippen molar-refractivity contribution in [1.82, 2.24) is 0 Å². The summed E-state index contributed by atoms with van der Waals surface area (Å²) in [5.74, 6) is 2.16. The minimum Gasteiger partial charge on any atom is -0.381 e. The van der Waals surface area contributed by atoms with Crippen molar-refractivity contribution in [3.05, 3.63) is 0 Å². The average Bonchev–Trinajstić information content (AvgIpc) is 2.31. The molecule has 0 aliphatic carbocycles. The van der Waals surface area contributed by atoms with Gasteiger partial charge in [-0.3, -0.25) is 0 Å². The summed E-state index contributed by atoms with van der Waals surface area (Å²) in [6.45, 7) is 1.91. The smallest absolute Gasteiger partial charge is 0.0468 e. The molecule has 0 saturated carbocycles. The molecule has 2 rings (SSSR count). The summed E-state index contributed by atoms with van der Waals surface area (Å²) in [6, 6.07) is 0.429. The number of thioether (sulfide) groups is 1. The second kappa shape index (κ2) is 6.12. The van der Waals surface area contributed by atoms with Crippen molar-refractivity contribution < 1.29 is 4.74 Å². The minimum atomic E-state index is 0.429. The lowest BCUT2D eigenvalue weighted by Crippen LogP contribution is -2.37. The van der Waals surface area contributed by atoms with E-state index in [1.165, 1.54) is 44.3 Å². The van der Waals surface area contributed by atoms with Gasteiger partial charge in [0.05, 0.1) is 0 Å². The molecule has 2 saturated heterocycles. The Morgan fingerprint density at radius 1 is 1.20 bits per heavy atom. The Morgan fingerprint density at radius 2 is 2.00 bits per heavy atom. The van der Waals surface area contributed by atoms with Crippen molar-refractivity contribution in [2.45, 2.75) is 49.8 Å². The van der Waals surface area contributed by atoms with Crippen molar-refractivity contribution in [3.63, 3.8) is 0 Å². The molecule has 2 N–H and O–H groups in total. The lowest BCUT2D eigenvalue weighted by Gasteiger charge is -2.31. The maximum absolute atomic E-state index is 6.32. The summed E-state index contributed by atoms with van der Waals surface area (Å²) in [4.78, 5) is 0. The standard InChI is InChI=1S/C12H23NOS/c13-11(12-3-1-2-8-15-12)9-10-4-6-14-7-5-10/h10-12H,1-9,13H2. The van der Waals surface area contributed by atoms with Crippen LogP contribution in [0.25, 0.3) is 0 Å². The van der Waals surface area contributed by atoms with Gasteiger partial charge in [-0.15, -0.1) is 0 Å². The predicted octanol–water partition coefficient (Wildman–Crippen LogP) is 2.42. The molecule has 2 heterocycles. The Balaban J connectivity index is 1.72. The Labute approximate surface area is 97.3 Å². The maximum atomic E-state index is 6.32. The molecule has 0 aromatic carbocycles. The van der Waals surface area contributed by atoms with E-state index >= 15 is 0 Å². The number of nitrogens with two attached hydrogens (primary N) is 1. The topological polar surface area (TPSA) is 35.2 Å². The van der Waals surface area contributed by atoms with Crippen LogP contribution < -0.4 is 5.73 Å². The molecule has 0 aromatic heterocycles. The van der Waals surface area contributed by atoms with Gasteiger partial charge in [-0.05, 0) is 43.8 Å². The highest BCUT2D eigenvalue weighted by molar-refractivity contribution is 8.00. The van der Waals surface area contributed by atoms with Crippen LogP contribution >= 0.6 is 11.8 Å². The first kappa shape index (κ1) is 11.7. The van der Waals surface area contributed by atoms with Gasteiger partial charge in [0.2, 0.25) is 0 Å². The Kier molecular flexibility index (Phi) is 4.79.